The van der Waals surface area contributed by atoms with Gasteiger partial charge in [-0.1, -0.05) is 19.1 Å². The van der Waals surface area contributed by atoms with E-state index in [0.717, 1.165) is 6.42 Å². The maximum atomic E-state index is 11.3. The van der Waals surface area contributed by atoms with Crippen molar-refractivity contribution in [2.45, 2.75) is 19.8 Å². The average molecular weight is 286 g/mol. The zero-order valence-corrected chi connectivity index (χ0v) is 11.6. The molecule has 0 spiro atoms. The van der Waals surface area contributed by atoms with E-state index in [9.17, 15) is 13.2 Å². The first-order valence-corrected chi connectivity index (χ1v) is 7.89. The number of sulfone groups is 1. The molecule has 0 amide bonds. The van der Waals surface area contributed by atoms with Crippen molar-refractivity contribution < 1.29 is 23.1 Å². The first-order valence-electron chi connectivity index (χ1n) is 6.07. The van der Waals surface area contributed by atoms with E-state index < -0.39 is 21.6 Å². The van der Waals surface area contributed by atoms with E-state index in [1.165, 1.54) is 5.56 Å². The summed E-state index contributed by atoms with van der Waals surface area (Å²) in [6.07, 6.45) is 1.23. The number of hydrogen-bond acceptors (Lipinski definition) is 4. The molecule has 0 atom stereocenters. The lowest BCUT2D eigenvalue weighted by Crippen LogP contribution is -2.19. The van der Waals surface area contributed by atoms with Crippen molar-refractivity contribution >= 4 is 15.8 Å². The standard InChI is InChI=1S/C13H18O5S/c1-2-11-4-6-12(7-5-11)18-8-3-9-19(16,17)10-13(14)15/h4-7H,2-3,8-10H2,1H3,(H,14,15). The molecule has 1 N–H and O–H groups in total. The average Bonchev–Trinajstić information content (AvgIpc) is 2.34. The summed E-state index contributed by atoms with van der Waals surface area (Å²) >= 11 is 0. The van der Waals surface area contributed by atoms with Gasteiger partial charge in [0.25, 0.3) is 0 Å². The summed E-state index contributed by atoms with van der Waals surface area (Å²) in [5.74, 6) is -1.63. The van der Waals surface area contributed by atoms with Crippen LogP contribution in [0.1, 0.15) is 18.9 Å². The van der Waals surface area contributed by atoms with Crippen LogP contribution in [-0.2, 0) is 21.1 Å². The number of carboxylic acids is 1. The van der Waals surface area contributed by atoms with Gasteiger partial charge in [0.15, 0.2) is 9.84 Å². The van der Waals surface area contributed by atoms with Gasteiger partial charge in [-0.05, 0) is 30.5 Å². The lowest BCUT2D eigenvalue weighted by molar-refractivity contribution is -0.134. The van der Waals surface area contributed by atoms with Crippen molar-refractivity contribution in [1.82, 2.24) is 0 Å². The van der Waals surface area contributed by atoms with Gasteiger partial charge < -0.3 is 9.84 Å². The van der Waals surface area contributed by atoms with Gasteiger partial charge in [-0.2, -0.15) is 0 Å². The third-order valence-corrected chi connectivity index (χ3v) is 4.14. The Morgan fingerprint density at radius 2 is 1.89 bits per heavy atom. The van der Waals surface area contributed by atoms with Crippen LogP contribution in [-0.4, -0.2) is 37.6 Å². The van der Waals surface area contributed by atoms with E-state index in [0.29, 0.717) is 5.75 Å². The Morgan fingerprint density at radius 3 is 2.42 bits per heavy atom. The Kier molecular flexibility index (Phi) is 5.82. The van der Waals surface area contributed by atoms with Gasteiger partial charge in [0.05, 0.1) is 12.4 Å². The van der Waals surface area contributed by atoms with Crippen molar-refractivity contribution in [1.29, 1.82) is 0 Å². The van der Waals surface area contributed by atoms with Crippen LogP contribution in [0.5, 0.6) is 5.75 Å². The fourth-order valence-electron chi connectivity index (χ4n) is 1.55. The van der Waals surface area contributed by atoms with Crippen LogP contribution >= 0.6 is 0 Å². The summed E-state index contributed by atoms with van der Waals surface area (Å²) in [6.45, 7) is 2.31. The molecule has 0 unspecified atom stereocenters. The van der Waals surface area contributed by atoms with Gasteiger partial charge in [0.2, 0.25) is 0 Å². The van der Waals surface area contributed by atoms with Crippen LogP contribution in [0.15, 0.2) is 24.3 Å². The van der Waals surface area contributed by atoms with Crippen molar-refractivity contribution in [3.05, 3.63) is 29.8 Å². The molecule has 0 saturated heterocycles. The fourth-order valence-corrected chi connectivity index (χ4v) is 2.63. The second-order valence-corrected chi connectivity index (χ2v) is 6.37. The minimum absolute atomic E-state index is 0.174. The second-order valence-electron chi connectivity index (χ2n) is 4.19. The van der Waals surface area contributed by atoms with E-state index in [-0.39, 0.29) is 18.8 Å². The maximum absolute atomic E-state index is 11.3. The molecule has 0 aliphatic heterocycles. The monoisotopic (exact) mass is 286 g/mol. The normalized spacial score (nSPS) is 11.2. The molecule has 0 fully saturated rings. The topological polar surface area (TPSA) is 80.7 Å². The second kappa shape index (κ2) is 7.13. The molecular formula is C13H18O5S. The largest absolute Gasteiger partial charge is 0.494 e. The molecule has 0 aromatic heterocycles. The van der Waals surface area contributed by atoms with Gasteiger partial charge in [0, 0.05) is 0 Å². The minimum Gasteiger partial charge on any atom is -0.494 e. The van der Waals surface area contributed by atoms with E-state index in [1.807, 2.05) is 24.3 Å². The molecule has 106 valence electrons. The predicted molar refractivity (Wildman–Crippen MR) is 72.2 cm³/mol. The van der Waals surface area contributed by atoms with Gasteiger partial charge >= 0.3 is 5.97 Å². The third kappa shape index (κ3) is 6.24. The van der Waals surface area contributed by atoms with Crippen LogP contribution in [0.4, 0.5) is 0 Å². The number of aryl methyl sites for hydroxylation is 1. The Morgan fingerprint density at radius 1 is 1.26 bits per heavy atom. The highest BCUT2D eigenvalue weighted by atomic mass is 32.2. The highest BCUT2D eigenvalue weighted by Crippen LogP contribution is 2.12. The fraction of sp³-hybridized carbons (Fsp3) is 0.462. The molecule has 0 saturated carbocycles. The molecule has 19 heavy (non-hydrogen) atoms. The van der Waals surface area contributed by atoms with Crippen LogP contribution in [0, 0.1) is 0 Å². The molecule has 1 aromatic rings. The number of hydrogen-bond donors (Lipinski definition) is 1. The van der Waals surface area contributed by atoms with Gasteiger partial charge in [0.1, 0.15) is 11.5 Å². The van der Waals surface area contributed by atoms with Crippen LogP contribution in [0.25, 0.3) is 0 Å². The first kappa shape index (κ1) is 15.5. The molecule has 0 aliphatic carbocycles. The molecule has 0 aliphatic rings. The number of rotatable bonds is 8. The zero-order valence-electron chi connectivity index (χ0n) is 10.8. The SMILES string of the molecule is CCc1ccc(OCCCS(=O)(=O)CC(=O)O)cc1. The molecule has 0 radical (unpaired) electrons. The Bertz CT molecular complexity index is 504. The molecule has 6 heteroatoms. The quantitative estimate of drug-likeness (QED) is 0.733. The lowest BCUT2D eigenvalue weighted by Gasteiger charge is -2.06. The van der Waals surface area contributed by atoms with Gasteiger partial charge in [-0.25, -0.2) is 8.42 Å². The third-order valence-electron chi connectivity index (χ3n) is 2.54. The molecule has 1 rings (SSSR count). The smallest absolute Gasteiger partial charge is 0.318 e. The summed E-state index contributed by atoms with van der Waals surface area (Å²) in [5, 5.41) is 8.42. The summed E-state index contributed by atoms with van der Waals surface area (Å²) in [4.78, 5) is 10.3. The van der Waals surface area contributed by atoms with Crippen molar-refractivity contribution in [3.8, 4) is 5.75 Å². The highest BCUT2D eigenvalue weighted by Gasteiger charge is 2.15. The highest BCUT2D eigenvalue weighted by molar-refractivity contribution is 7.92. The van der Waals surface area contributed by atoms with E-state index in [4.69, 9.17) is 9.84 Å². The van der Waals surface area contributed by atoms with E-state index >= 15 is 0 Å². The van der Waals surface area contributed by atoms with Gasteiger partial charge in [-0.3, -0.25) is 4.79 Å². The molecule has 0 heterocycles. The van der Waals surface area contributed by atoms with Crippen LogP contribution < -0.4 is 4.74 Å². The van der Waals surface area contributed by atoms with Crippen molar-refractivity contribution in [2.75, 3.05) is 18.1 Å². The van der Waals surface area contributed by atoms with Crippen LogP contribution in [0.2, 0.25) is 0 Å². The number of carbonyl (C=O) groups is 1. The number of aliphatic carboxylic acids is 1. The first-order chi connectivity index (χ1) is 8.93. The molecular weight excluding hydrogens is 268 g/mol. The Balaban J connectivity index is 2.32. The summed E-state index contributed by atoms with van der Waals surface area (Å²) in [5.41, 5.74) is 1.20. The molecule has 1 aromatic carbocycles. The van der Waals surface area contributed by atoms with E-state index in [2.05, 4.69) is 6.92 Å². The number of ether oxygens (including phenoxy) is 1. The Hall–Kier alpha value is -1.56. The van der Waals surface area contributed by atoms with E-state index in [1.54, 1.807) is 0 Å². The Labute approximate surface area is 113 Å². The van der Waals surface area contributed by atoms with Gasteiger partial charge in [-0.15, -0.1) is 0 Å². The number of carboxylic acid groups (broad SMARTS) is 1. The van der Waals surface area contributed by atoms with Crippen molar-refractivity contribution in [3.63, 3.8) is 0 Å². The summed E-state index contributed by atoms with van der Waals surface area (Å²) in [7, 11) is -3.53. The minimum atomic E-state index is -3.53. The summed E-state index contributed by atoms with van der Waals surface area (Å²) < 4.78 is 28.0. The molecule has 5 nitrogen and oxygen atoms in total. The molecule has 0 bridgehead atoms. The predicted octanol–water partition coefficient (Wildman–Crippen LogP) is 1.52. The number of benzene rings is 1. The maximum Gasteiger partial charge on any atom is 0.318 e. The zero-order chi connectivity index (χ0) is 14.3. The summed E-state index contributed by atoms with van der Waals surface area (Å²) in [6, 6.07) is 7.59. The van der Waals surface area contributed by atoms with Crippen LogP contribution in [0.3, 0.4) is 0 Å². The van der Waals surface area contributed by atoms with Crippen molar-refractivity contribution in [2.24, 2.45) is 0 Å². The lowest BCUT2D eigenvalue weighted by atomic mass is 10.2.